The van der Waals surface area contributed by atoms with Crippen LogP contribution in [0.4, 0.5) is 43.9 Å². The van der Waals surface area contributed by atoms with Crippen LogP contribution in [0.3, 0.4) is 0 Å². The minimum Gasteiger partial charge on any atom is -0.467 e. The molecule has 20 heteroatoms. The van der Waals surface area contributed by atoms with Gasteiger partial charge in [-0.2, -0.15) is 28.1 Å². The molecule has 4 aromatic rings. The Kier molecular flexibility index (Phi) is 12.4. The van der Waals surface area contributed by atoms with E-state index in [1.54, 1.807) is 12.1 Å². The van der Waals surface area contributed by atoms with Crippen molar-refractivity contribution < 1.29 is 55.0 Å². The standard InChI is InChI=1S/C35H30ClF6N7O6/c1-54-30(53)24(12-15-43-29(52)25(50)16-19-4-11-23(37)27(39)26(19)38)45-28(51)18-2-9-22(10-3-18)44-31-46-32(48-33(47-31)55-17-35(40,41)42)49-34(13-14-34)20-5-7-21(36)8-6-20/h2-11,24H,12-17H2,1H3,(H,43,52)(H,45,51)(H2,44,46,47,48,49)/t24-/m0/s1. The summed E-state index contributed by atoms with van der Waals surface area (Å²) in [5.41, 5.74) is 0.0973. The Labute approximate surface area is 313 Å². The summed E-state index contributed by atoms with van der Waals surface area (Å²) in [6, 6.07) is 12.1. The summed E-state index contributed by atoms with van der Waals surface area (Å²) in [4.78, 5) is 62.1. The number of amides is 2. The fourth-order valence-electron chi connectivity index (χ4n) is 5.12. The zero-order valence-electron chi connectivity index (χ0n) is 28.5. The first-order valence-electron chi connectivity index (χ1n) is 16.2. The molecule has 0 radical (unpaired) electrons. The fourth-order valence-corrected chi connectivity index (χ4v) is 5.25. The molecule has 0 spiro atoms. The smallest absolute Gasteiger partial charge is 0.422 e. The monoisotopic (exact) mass is 793 g/mol. The number of nitrogens with one attached hydrogen (secondary N) is 4. The molecule has 1 aliphatic carbocycles. The van der Waals surface area contributed by atoms with Crippen LogP contribution >= 0.6 is 11.6 Å². The van der Waals surface area contributed by atoms with Crippen LogP contribution in [-0.4, -0.2) is 71.0 Å². The summed E-state index contributed by atoms with van der Waals surface area (Å²) < 4.78 is 88.9. The van der Waals surface area contributed by atoms with Gasteiger partial charge in [-0.3, -0.25) is 14.4 Å². The second-order valence-corrected chi connectivity index (χ2v) is 12.6. The Morgan fingerprint density at radius 1 is 0.891 bits per heavy atom. The summed E-state index contributed by atoms with van der Waals surface area (Å²) in [5.74, 6) is -9.10. The Morgan fingerprint density at radius 2 is 1.56 bits per heavy atom. The van der Waals surface area contributed by atoms with Gasteiger partial charge in [0.25, 0.3) is 11.8 Å². The zero-order valence-corrected chi connectivity index (χ0v) is 29.3. The lowest BCUT2D eigenvalue weighted by Gasteiger charge is -2.19. The van der Waals surface area contributed by atoms with Gasteiger partial charge in [-0.1, -0.05) is 29.8 Å². The van der Waals surface area contributed by atoms with E-state index in [-0.39, 0.29) is 30.4 Å². The van der Waals surface area contributed by atoms with Crippen molar-refractivity contribution in [3.05, 3.63) is 99.8 Å². The highest BCUT2D eigenvalue weighted by molar-refractivity contribution is 6.36. The van der Waals surface area contributed by atoms with Crippen LogP contribution in [-0.2, 0) is 31.1 Å². The van der Waals surface area contributed by atoms with Crippen molar-refractivity contribution in [3.8, 4) is 6.01 Å². The first kappa shape index (κ1) is 40.2. The number of hydrogen-bond donors (Lipinski definition) is 4. The molecule has 1 saturated carbocycles. The number of carbonyl (C=O) groups is 4. The Morgan fingerprint density at radius 3 is 2.20 bits per heavy atom. The third kappa shape index (κ3) is 10.8. The number of nitrogens with zero attached hydrogens (tertiary/aromatic N) is 3. The van der Waals surface area contributed by atoms with E-state index in [9.17, 15) is 45.5 Å². The predicted molar refractivity (Wildman–Crippen MR) is 183 cm³/mol. The van der Waals surface area contributed by atoms with Crippen molar-refractivity contribution in [1.29, 1.82) is 0 Å². The number of halogens is 7. The van der Waals surface area contributed by atoms with Gasteiger partial charge in [0.1, 0.15) is 6.04 Å². The number of Topliss-reactive ketones (excluding diaryl/α,β-unsaturated/α-hetero) is 1. The molecular weight excluding hydrogens is 764 g/mol. The maximum absolute atomic E-state index is 13.9. The van der Waals surface area contributed by atoms with Gasteiger partial charge in [0.05, 0.1) is 12.6 Å². The van der Waals surface area contributed by atoms with Gasteiger partial charge in [-0.05, 0) is 72.9 Å². The lowest BCUT2D eigenvalue weighted by molar-refractivity contribution is -0.154. The molecule has 0 aliphatic heterocycles. The highest BCUT2D eigenvalue weighted by Gasteiger charge is 2.45. The second-order valence-electron chi connectivity index (χ2n) is 12.1. The van der Waals surface area contributed by atoms with Gasteiger partial charge in [0.15, 0.2) is 24.1 Å². The number of alkyl halides is 3. The Balaban J connectivity index is 1.21. The van der Waals surface area contributed by atoms with Gasteiger partial charge < -0.3 is 30.7 Å². The molecule has 3 aromatic carbocycles. The third-order valence-corrected chi connectivity index (χ3v) is 8.36. The quantitative estimate of drug-likeness (QED) is 0.0501. The molecule has 55 heavy (non-hydrogen) atoms. The zero-order chi connectivity index (χ0) is 39.9. The minimum absolute atomic E-state index is 0.0538. The maximum atomic E-state index is 13.9. The second kappa shape index (κ2) is 17.0. The summed E-state index contributed by atoms with van der Waals surface area (Å²) >= 11 is 6.01. The fraction of sp³-hybridized carbons (Fsp3) is 0.286. The Hall–Kier alpha value is -5.98. The number of carbonyl (C=O) groups excluding carboxylic acids is 4. The molecule has 2 amide bonds. The van der Waals surface area contributed by atoms with E-state index in [1.807, 2.05) is 12.1 Å². The molecule has 290 valence electrons. The number of anilines is 3. The molecule has 0 bridgehead atoms. The number of esters is 1. The number of benzene rings is 3. The first-order chi connectivity index (χ1) is 26.1. The largest absolute Gasteiger partial charge is 0.467 e. The highest BCUT2D eigenvalue weighted by atomic mass is 35.5. The SMILES string of the molecule is COC(=O)[C@H](CCNC(=O)C(=O)Cc1ccc(F)c(F)c1F)NC(=O)c1ccc(Nc2nc(NC3(c4ccc(Cl)cc4)CC3)nc(OCC(F)(F)F)n2)cc1. The van der Waals surface area contributed by atoms with Crippen molar-refractivity contribution in [2.24, 2.45) is 0 Å². The van der Waals surface area contributed by atoms with Gasteiger partial charge >= 0.3 is 18.2 Å². The van der Waals surface area contributed by atoms with Gasteiger partial charge in [0.2, 0.25) is 17.7 Å². The van der Waals surface area contributed by atoms with Gasteiger partial charge in [-0.15, -0.1) is 0 Å². The highest BCUT2D eigenvalue weighted by Crippen LogP contribution is 2.48. The third-order valence-electron chi connectivity index (χ3n) is 8.11. The van der Waals surface area contributed by atoms with E-state index in [0.29, 0.717) is 29.6 Å². The first-order valence-corrected chi connectivity index (χ1v) is 16.6. The van der Waals surface area contributed by atoms with Crippen LogP contribution in [0.1, 0.15) is 40.7 Å². The molecular formula is C35H30ClF6N7O6. The molecule has 0 unspecified atom stereocenters. The summed E-state index contributed by atoms with van der Waals surface area (Å²) in [7, 11) is 1.06. The topological polar surface area (TPSA) is 174 Å². The van der Waals surface area contributed by atoms with Crippen LogP contribution in [0.15, 0.2) is 60.7 Å². The number of hydrogen-bond acceptors (Lipinski definition) is 11. The van der Waals surface area contributed by atoms with Crippen LogP contribution < -0.4 is 26.0 Å². The van der Waals surface area contributed by atoms with Crippen LogP contribution in [0.2, 0.25) is 5.02 Å². The van der Waals surface area contributed by atoms with Crippen LogP contribution in [0, 0.1) is 17.5 Å². The molecule has 4 N–H and O–H groups in total. The number of ether oxygens (including phenoxy) is 2. The lowest BCUT2D eigenvalue weighted by atomic mass is 10.1. The number of aromatic nitrogens is 3. The normalized spacial score (nSPS) is 13.6. The van der Waals surface area contributed by atoms with E-state index in [4.69, 9.17) is 21.1 Å². The molecule has 13 nitrogen and oxygen atoms in total. The lowest BCUT2D eigenvalue weighted by Crippen LogP contribution is -2.44. The molecule has 1 atom stereocenters. The number of rotatable bonds is 16. The van der Waals surface area contributed by atoms with Gasteiger partial charge in [0, 0.05) is 29.2 Å². The van der Waals surface area contributed by atoms with Crippen molar-refractivity contribution in [1.82, 2.24) is 25.6 Å². The average molecular weight is 794 g/mol. The van der Waals surface area contributed by atoms with Crippen molar-refractivity contribution in [2.75, 3.05) is 30.9 Å². The summed E-state index contributed by atoms with van der Waals surface area (Å²) in [5, 5.41) is 11.2. The number of methoxy groups -OCH3 is 1. The van der Waals surface area contributed by atoms with E-state index < -0.39 is 83.4 Å². The van der Waals surface area contributed by atoms with E-state index in [0.717, 1.165) is 18.7 Å². The number of ketones is 1. The summed E-state index contributed by atoms with van der Waals surface area (Å²) in [6.45, 7) is -1.98. The Bertz CT molecular complexity index is 2070. The van der Waals surface area contributed by atoms with E-state index in [2.05, 4.69) is 36.2 Å². The van der Waals surface area contributed by atoms with E-state index >= 15 is 0 Å². The van der Waals surface area contributed by atoms with Crippen molar-refractivity contribution in [2.45, 2.75) is 43.4 Å². The molecule has 1 fully saturated rings. The molecule has 1 aromatic heterocycles. The van der Waals surface area contributed by atoms with Crippen molar-refractivity contribution in [3.63, 3.8) is 0 Å². The molecule has 1 heterocycles. The predicted octanol–water partition coefficient (Wildman–Crippen LogP) is 5.32. The average Bonchev–Trinajstić information content (AvgIpc) is 3.93. The van der Waals surface area contributed by atoms with E-state index in [1.165, 1.54) is 24.3 Å². The van der Waals surface area contributed by atoms with Crippen molar-refractivity contribution >= 4 is 52.8 Å². The molecule has 0 saturated heterocycles. The summed E-state index contributed by atoms with van der Waals surface area (Å²) in [6.07, 6.45) is -4.41. The minimum atomic E-state index is -4.66. The van der Waals surface area contributed by atoms with Crippen LogP contribution in [0.5, 0.6) is 6.01 Å². The molecule has 1 aliphatic rings. The maximum Gasteiger partial charge on any atom is 0.422 e. The molecule has 5 rings (SSSR count). The van der Waals surface area contributed by atoms with Crippen LogP contribution in [0.25, 0.3) is 0 Å². The van der Waals surface area contributed by atoms with Gasteiger partial charge in [-0.25, -0.2) is 18.0 Å².